The Hall–Kier alpha value is -2.59. The molecule has 0 atom stereocenters. The zero-order valence-corrected chi connectivity index (χ0v) is 15.5. The van der Waals surface area contributed by atoms with E-state index in [-0.39, 0.29) is 13.1 Å². The summed E-state index contributed by atoms with van der Waals surface area (Å²) in [5.41, 5.74) is -0.352. The van der Waals surface area contributed by atoms with E-state index in [1.165, 1.54) is 4.90 Å². The van der Waals surface area contributed by atoms with Crippen molar-refractivity contribution in [1.29, 1.82) is 0 Å². The van der Waals surface area contributed by atoms with Crippen molar-refractivity contribution in [1.82, 2.24) is 5.32 Å². The number of halogens is 5. The highest BCUT2D eigenvalue weighted by molar-refractivity contribution is 5.87. The molecule has 0 aliphatic rings. The van der Waals surface area contributed by atoms with Gasteiger partial charge in [0.15, 0.2) is 6.61 Å². The fraction of sp³-hybridized carbons (Fsp3) is 0.529. The Morgan fingerprint density at radius 2 is 1.61 bits per heavy atom. The first-order chi connectivity index (χ1) is 12.7. The van der Waals surface area contributed by atoms with E-state index in [0.29, 0.717) is 5.69 Å². The Morgan fingerprint density at radius 3 is 2.11 bits per heavy atom. The molecule has 1 aromatic carbocycles. The van der Waals surface area contributed by atoms with Crippen molar-refractivity contribution in [3.8, 4) is 0 Å². The van der Waals surface area contributed by atoms with Gasteiger partial charge in [-0.3, -0.25) is 4.90 Å². The van der Waals surface area contributed by atoms with Crippen molar-refractivity contribution in [3.05, 3.63) is 30.3 Å². The van der Waals surface area contributed by atoms with Crippen molar-refractivity contribution in [3.63, 3.8) is 0 Å². The summed E-state index contributed by atoms with van der Waals surface area (Å²) in [6.07, 6.45) is -8.02. The summed E-state index contributed by atoms with van der Waals surface area (Å²) in [7, 11) is 0. The van der Waals surface area contributed by atoms with Gasteiger partial charge in [0, 0.05) is 18.8 Å². The van der Waals surface area contributed by atoms with Crippen molar-refractivity contribution in [2.75, 3.05) is 24.6 Å². The van der Waals surface area contributed by atoms with Gasteiger partial charge in [-0.1, -0.05) is 18.2 Å². The summed E-state index contributed by atoms with van der Waals surface area (Å²) < 4.78 is 70.7. The maximum absolute atomic E-state index is 12.7. The van der Waals surface area contributed by atoms with Gasteiger partial charge in [-0.05, 0) is 32.9 Å². The van der Waals surface area contributed by atoms with Gasteiger partial charge in [0.1, 0.15) is 5.60 Å². The van der Waals surface area contributed by atoms with Gasteiger partial charge >= 0.3 is 24.3 Å². The topological polar surface area (TPSA) is 67.9 Å². The van der Waals surface area contributed by atoms with Crippen LogP contribution in [0.25, 0.3) is 0 Å². The number of hydrogen-bond acceptors (Lipinski definition) is 4. The monoisotopic (exact) mass is 412 g/mol. The number of carbonyl (C=O) groups excluding carboxylic acids is 2. The predicted octanol–water partition coefficient (Wildman–Crippen LogP) is 4.35. The van der Waals surface area contributed by atoms with Crippen molar-refractivity contribution in [2.24, 2.45) is 0 Å². The lowest BCUT2D eigenvalue weighted by Crippen LogP contribution is -2.44. The van der Waals surface area contributed by atoms with Crippen LogP contribution in [0.15, 0.2) is 30.3 Å². The van der Waals surface area contributed by atoms with Crippen LogP contribution in [0.2, 0.25) is 0 Å². The smallest absolute Gasteiger partial charge is 0.443 e. The number of hydrogen-bond donors (Lipinski definition) is 1. The summed E-state index contributed by atoms with van der Waals surface area (Å²) in [4.78, 5) is 24.9. The summed E-state index contributed by atoms with van der Waals surface area (Å²) in [6, 6.07) is 8.24. The van der Waals surface area contributed by atoms with Crippen LogP contribution in [-0.2, 0) is 9.47 Å². The quantitative estimate of drug-likeness (QED) is 0.706. The molecule has 11 heteroatoms. The van der Waals surface area contributed by atoms with Gasteiger partial charge < -0.3 is 14.8 Å². The molecule has 0 saturated heterocycles. The number of alkyl halides is 5. The maximum atomic E-state index is 12.7. The minimum atomic E-state index is -5.83. The molecular weight excluding hydrogens is 391 g/mol. The standard InChI is InChI=1S/C17H21F5N2O4/c1-15(2,3)28-14(26)24(12-7-5-4-6-8-12)10-9-23-13(25)27-11-16(18,19)17(20,21)22/h4-8H,9-11H2,1-3H3,(H,23,25). The van der Waals surface area contributed by atoms with E-state index in [2.05, 4.69) is 4.74 Å². The molecule has 2 amide bonds. The van der Waals surface area contributed by atoms with Crippen LogP contribution in [0.1, 0.15) is 20.8 Å². The molecule has 0 radical (unpaired) electrons. The van der Waals surface area contributed by atoms with Crippen molar-refractivity contribution in [2.45, 2.75) is 38.5 Å². The van der Waals surface area contributed by atoms with Gasteiger partial charge in [0.2, 0.25) is 0 Å². The van der Waals surface area contributed by atoms with E-state index in [0.717, 1.165) is 0 Å². The van der Waals surface area contributed by atoms with Crippen LogP contribution in [0.3, 0.4) is 0 Å². The third-order valence-electron chi connectivity index (χ3n) is 3.09. The Kier molecular flexibility index (Phi) is 7.59. The zero-order valence-electron chi connectivity index (χ0n) is 15.5. The minimum absolute atomic E-state index is 0.135. The van der Waals surface area contributed by atoms with Crippen LogP contribution < -0.4 is 10.2 Å². The fourth-order valence-corrected chi connectivity index (χ4v) is 1.81. The van der Waals surface area contributed by atoms with Crippen molar-refractivity contribution >= 4 is 17.9 Å². The molecule has 0 aliphatic carbocycles. The molecule has 1 aromatic rings. The van der Waals surface area contributed by atoms with Gasteiger partial charge in [0.25, 0.3) is 0 Å². The number of amides is 2. The van der Waals surface area contributed by atoms with Gasteiger partial charge in [0.05, 0.1) is 0 Å². The first-order valence-electron chi connectivity index (χ1n) is 8.14. The third kappa shape index (κ3) is 7.57. The molecule has 0 spiro atoms. The highest BCUT2D eigenvalue weighted by Crippen LogP contribution is 2.35. The second-order valence-corrected chi connectivity index (χ2v) is 6.67. The zero-order chi connectivity index (χ0) is 21.6. The number of carbonyl (C=O) groups is 2. The van der Waals surface area contributed by atoms with E-state index in [1.807, 2.05) is 5.32 Å². The van der Waals surface area contributed by atoms with Crippen LogP contribution >= 0.6 is 0 Å². The maximum Gasteiger partial charge on any atom is 0.456 e. The Labute approximate surface area is 158 Å². The number of nitrogens with zero attached hydrogens (tertiary/aromatic N) is 1. The second kappa shape index (κ2) is 9.07. The molecule has 6 nitrogen and oxygen atoms in total. The number of para-hydroxylation sites is 1. The van der Waals surface area contributed by atoms with Crippen LogP contribution in [-0.4, -0.2) is 49.6 Å². The number of anilines is 1. The van der Waals surface area contributed by atoms with Crippen LogP contribution in [0.4, 0.5) is 37.2 Å². The first kappa shape index (κ1) is 23.4. The minimum Gasteiger partial charge on any atom is -0.443 e. The number of ether oxygens (including phenoxy) is 2. The molecule has 0 aliphatic heterocycles. The van der Waals surface area contributed by atoms with Crippen LogP contribution in [0, 0.1) is 0 Å². The molecule has 0 heterocycles. The molecule has 0 bridgehead atoms. The van der Waals surface area contributed by atoms with Gasteiger partial charge in [-0.2, -0.15) is 22.0 Å². The predicted molar refractivity (Wildman–Crippen MR) is 90.4 cm³/mol. The molecule has 28 heavy (non-hydrogen) atoms. The molecule has 0 unspecified atom stereocenters. The van der Waals surface area contributed by atoms with E-state index in [9.17, 15) is 31.5 Å². The third-order valence-corrected chi connectivity index (χ3v) is 3.09. The lowest BCUT2D eigenvalue weighted by molar-refractivity contribution is -0.292. The van der Waals surface area contributed by atoms with Gasteiger partial charge in [-0.15, -0.1) is 0 Å². The molecule has 1 rings (SSSR count). The van der Waals surface area contributed by atoms with E-state index >= 15 is 0 Å². The van der Waals surface area contributed by atoms with Crippen LogP contribution in [0.5, 0.6) is 0 Å². The highest BCUT2D eigenvalue weighted by Gasteiger charge is 2.58. The number of nitrogens with one attached hydrogen (secondary N) is 1. The second-order valence-electron chi connectivity index (χ2n) is 6.67. The lowest BCUT2D eigenvalue weighted by atomic mass is 10.2. The lowest BCUT2D eigenvalue weighted by Gasteiger charge is -2.27. The largest absolute Gasteiger partial charge is 0.456 e. The molecule has 158 valence electrons. The number of alkyl carbamates (subject to hydrolysis) is 1. The Morgan fingerprint density at radius 1 is 1.04 bits per heavy atom. The van der Waals surface area contributed by atoms with Gasteiger partial charge in [-0.25, -0.2) is 9.59 Å². The normalized spacial score (nSPS) is 12.3. The van der Waals surface area contributed by atoms with E-state index in [1.54, 1.807) is 51.1 Å². The highest BCUT2D eigenvalue weighted by atomic mass is 19.4. The molecule has 1 N–H and O–H groups in total. The first-order valence-corrected chi connectivity index (χ1v) is 8.14. The number of rotatable bonds is 6. The molecule has 0 saturated carbocycles. The summed E-state index contributed by atoms with van der Waals surface area (Å²) in [5.74, 6) is -5.16. The molecule has 0 aromatic heterocycles. The molecule has 0 fully saturated rings. The summed E-state index contributed by atoms with van der Waals surface area (Å²) in [6.45, 7) is 2.42. The van der Waals surface area contributed by atoms with E-state index in [4.69, 9.17) is 4.74 Å². The Bertz CT molecular complexity index is 660. The summed E-state index contributed by atoms with van der Waals surface area (Å²) in [5, 5.41) is 2.01. The molecular formula is C17H21F5N2O4. The number of benzene rings is 1. The average Bonchev–Trinajstić information content (AvgIpc) is 2.55. The Balaban J connectivity index is 2.64. The average molecular weight is 412 g/mol. The summed E-state index contributed by atoms with van der Waals surface area (Å²) >= 11 is 0. The van der Waals surface area contributed by atoms with Crippen molar-refractivity contribution < 1.29 is 41.0 Å². The SMILES string of the molecule is CC(C)(C)OC(=O)N(CCNC(=O)OCC(F)(F)C(F)(F)F)c1ccccc1. The fourth-order valence-electron chi connectivity index (χ4n) is 1.81. The van der Waals surface area contributed by atoms with E-state index < -0.39 is 36.5 Å².